The van der Waals surface area contributed by atoms with Crippen molar-refractivity contribution < 1.29 is 9.13 Å². The fraction of sp³-hybridized carbons (Fsp3) is 0.538. The van der Waals surface area contributed by atoms with E-state index in [4.69, 9.17) is 22.1 Å². The van der Waals surface area contributed by atoms with Gasteiger partial charge in [-0.3, -0.25) is 0 Å². The van der Waals surface area contributed by atoms with Gasteiger partial charge < -0.3 is 15.8 Å². The molecule has 0 bridgehead atoms. The molecule has 1 aliphatic carbocycles. The number of halogens is 2. The van der Waals surface area contributed by atoms with E-state index < -0.39 is 0 Å². The summed E-state index contributed by atoms with van der Waals surface area (Å²) in [5, 5.41) is 3.68. The van der Waals surface area contributed by atoms with Gasteiger partial charge in [0.25, 0.3) is 0 Å². The minimum Gasteiger partial charge on any atom is -0.382 e. The fourth-order valence-corrected chi connectivity index (χ4v) is 2.56. The number of nitrogens with one attached hydrogen (secondary N) is 1. The summed E-state index contributed by atoms with van der Waals surface area (Å²) in [6.45, 7) is 0.946. The van der Waals surface area contributed by atoms with E-state index in [1.165, 1.54) is 12.1 Å². The van der Waals surface area contributed by atoms with E-state index in [1.807, 2.05) is 0 Å². The summed E-state index contributed by atoms with van der Waals surface area (Å²) in [7, 11) is 1.65. The van der Waals surface area contributed by atoms with Gasteiger partial charge in [0.15, 0.2) is 0 Å². The smallest absolute Gasteiger partial charge is 0.126 e. The van der Waals surface area contributed by atoms with Gasteiger partial charge in [0, 0.05) is 24.4 Å². The van der Waals surface area contributed by atoms with E-state index >= 15 is 0 Å². The molecule has 100 valence electrons. The van der Waals surface area contributed by atoms with Crippen LogP contribution in [0.2, 0.25) is 5.02 Å². The van der Waals surface area contributed by atoms with Gasteiger partial charge in [-0.05, 0) is 37.0 Å². The zero-order valence-corrected chi connectivity index (χ0v) is 11.1. The lowest BCUT2D eigenvalue weighted by Crippen LogP contribution is -2.51. The Labute approximate surface area is 111 Å². The van der Waals surface area contributed by atoms with E-state index in [9.17, 15) is 4.39 Å². The molecule has 0 aliphatic heterocycles. The first-order valence-corrected chi connectivity index (χ1v) is 6.41. The summed E-state index contributed by atoms with van der Waals surface area (Å²) < 4.78 is 18.6. The summed E-state index contributed by atoms with van der Waals surface area (Å²) in [4.78, 5) is 0. The first-order valence-electron chi connectivity index (χ1n) is 6.03. The molecule has 0 radical (unpaired) electrons. The van der Waals surface area contributed by atoms with Gasteiger partial charge in [0.2, 0.25) is 0 Å². The molecule has 3 nitrogen and oxygen atoms in total. The van der Waals surface area contributed by atoms with E-state index in [0.29, 0.717) is 29.8 Å². The molecule has 3 N–H and O–H groups in total. The Hall–Kier alpha value is -0.840. The number of hydrogen-bond acceptors (Lipinski definition) is 3. The number of nitrogens with two attached hydrogens (primary N) is 1. The van der Waals surface area contributed by atoms with Crippen molar-refractivity contribution in [3.8, 4) is 0 Å². The molecule has 1 aromatic carbocycles. The zero-order valence-electron chi connectivity index (χ0n) is 10.4. The Morgan fingerprint density at radius 3 is 2.72 bits per heavy atom. The van der Waals surface area contributed by atoms with Crippen molar-refractivity contribution in [2.75, 3.05) is 25.6 Å². The molecule has 5 heteroatoms. The monoisotopic (exact) mass is 272 g/mol. The third-order valence-electron chi connectivity index (χ3n) is 3.38. The van der Waals surface area contributed by atoms with Crippen molar-refractivity contribution in [2.45, 2.75) is 18.4 Å². The average molecular weight is 273 g/mol. The summed E-state index contributed by atoms with van der Waals surface area (Å²) in [5.74, 6) is 0.119. The molecule has 0 heterocycles. The molecular weight excluding hydrogens is 255 g/mol. The standard InChI is InChI=1S/C13H18ClFN2O/c1-18-8-13(7-16,9-2-3-9)17-12-5-10(14)4-11(15)6-12/h4-6,9,17H,2-3,7-8,16H2,1H3. The molecule has 1 aromatic rings. The van der Waals surface area contributed by atoms with E-state index in [-0.39, 0.29) is 11.4 Å². The summed E-state index contributed by atoms with van der Waals surface area (Å²) >= 11 is 5.85. The maximum atomic E-state index is 13.3. The summed E-state index contributed by atoms with van der Waals surface area (Å²) in [5.41, 5.74) is 6.21. The normalized spacial score (nSPS) is 18.4. The molecule has 0 aromatic heterocycles. The van der Waals surface area contributed by atoms with Crippen LogP contribution in [-0.2, 0) is 4.74 Å². The van der Waals surface area contributed by atoms with E-state index in [1.54, 1.807) is 13.2 Å². The van der Waals surface area contributed by atoms with E-state index in [0.717, 1.165) is 12.8 Å². The molecule has 0 amide bonds. The Morgan fingerprint density at radius 2 is 2.22 bits per heavy atom. The maximum Gasteiger partial charge on any atom is 0.126 e. The van der Waals surface area contributed by atoms with Gasteiger partial charge in [-0.2, -0.15) is 0 Å². The van der Waals surface area contributed by atoms with Gasteiger partial charge in [0.1, 0.15) is 5.82 Å². The molecule has 1 saturated carbocycles. The maximum absolute atomic E-state index is 13.3. The van der Waals surface area contributed by atoms with Gasteiger partial charge in [-0.1, -0.05) is 11.6 Å². The van der Waals surface area contributed by atoms with Crippen molar-refractivity contribution >= 4 is 17.3 Å². The van der Waals surface area contributed by atoms with Gasteiger partial charge in [-0.15, -0.1) is 0 Å². The average Bonchev–Trinajstić information content (AvgIpc) is 3.11. The summed E-state index contributed by atoms with van der Waals surface area (Å²) in [6, 6.07) is 4.41. The van der Waals surface area contributed by atoms with Crippen LogP contribution in [0.1, 0.15) is 12.8 Å². The number of anilines is 1. The Balaban J connectivity index is 2.22. The fourth-order valence-electron chi connectivity index (χ4n) is 2.34. The summed E-state index contributed by atoms with van der Waals surface area (Å²) in [6.07, 6.45) is 2.24. The highest BCUT2D eigenvalue weighted by Crippen LogP contribution is 2.41. The van der Waals surface area contributed by atoms with Crippen molar-refractivity contribution in [3.05, 3.63) is 29.0 Å². The molecule has 2 rings (SSSR count). The van der Waals surface area contributed by atoms with Crippen molar-refractivity contribution in [2.24, 2.45) is 11.7 Å². The van der Waals surface area contributed by atoms with Crippen LogP contribution in [-0.4, -0.2) is 25.8 Å². The Kier molecular flexibility index (Phi) is 4.10. The molecule has 1 fully saturated rings. The van der Waals surface area contributed by atoms with Crippen LogP contribution >= 0.6 is 11.6 Å². The van der Waals surface area contributed by atoms with E-state index in [2.05, 4.69) is 5.32 Å². The molecule has 18 heavy (non-hydrogen) atoms. The SMILES string of the molecule is COCC(CN)(Nc1cc(F)cc(Cl)c1)C1CC1. The topological polar surface area (TPSA) is 47.3 Å². The molecule has 1 unspecified atom stereocenters. The lowest BCUT2D eigenvalue weighted by molar-refractivity contribution is 0.134. The molecule has 0 spiro atoms. The zero-order chi connectivity index (χ0) is 13.2. The third-order valence-corrected chi connectivity index (χ3v) is 3.60. The molecule has 1 aliphatic rings. The molecule has 1 atom stereocenters. The highest BCUT2D eigenvalue weighted by Gasteiger charge is 2.44. The second-order valence-corrected chi connectivity index (χ2v) is 5.29. The van der Waals surface area contributed by atoms with Crippen LogP contribution in [0.15, 0.2) is 18.2 Å². The quantitative estimate of drug-likeness (QED) is 0.837. The highest BCUT2D eigenvalue weighted by atomic mass is 35.5. The van der Waals surface area contributed by atoms with Gasteiger partial charge in [0.05, 0.1) is 12.1 Å². The third kappa shape index (κ3) is 2.94. The number of methoxy groups -OCH3 is 1. The van der Waals surface area contributed by atoms with Crippen molar-refractivity contribution in [1.29, 1.82) is 0 Å². The predicted molar refractivity (Wildman–Crippen MR) is 71.4 cm³/mol. The highest BCUT2D eigenvalue weighted by molar-refractivity contribution is 6.30. The Morgan fingerprint density at radius 1 is 1.50 bits per heavy atom. The number of benzene rings is 1. The van der Waals surface area contributed by atoms with Crippen LogP contribution in [0.4, 0.5) is 10.1 Å². The number of hydrogen-bond donors (Lipinski definition) is 2. The Bertz CT molecular complexity index is 405. The first-order chi connectivity index (χ1) is 8.59. The number of ether oxygens (including phenoxy) is 1. The minimum atomic E-state index is -0.357. The molecule has 0 saturated heterocycles. The van der Waals surface area contributed by atoms with Crippen LogP contribution in [0, 0.1) is 11.7 Å². The minimum absolute atomic E-state index is 0.328. The van der Waals surface area contributed by atoms with Crippen LogP contribution < -0.4 is 11.1 Å². The van der Waals surface area contributed by atoms with Crippen molar-refractivity contribution in [1.82, 2.24) is 0 Å². The second-order valence-electron chi connectivity index (χ2n) is 4.85. The lowest BCUT2D eigenvalue weighted by atomic mass is 9.93. The molecular formula is C13H18ClFN2O. The van der Waals surface area contributed by atoms with Crippen molar-refractivity contribution in [3.63, 3.8) is 0 Å². The second kappa shape index (κ2) is 5.43. The van der Waals surface area contributed by atoms with Crippen LogP contribution in [0.3, 0.4) is 0 Å². The first kappa shape index (κ1) is 13.6. The largest absolute Gasteiger partial charge is 0.382 e. The van der Waals surface area contributed by atoms with Crippen LogP contribution in [0.5, 0.6) is 0 Å². The van der Waals surface area contributed by atoms with Gasteiger partial charge in [-0.25, -0.2) is 4.39 Å². The predicted octanol–water partition coefficient (Wildman–Crippen LogP) is 2.64. The lowest BCUT2D eigenvalue weighted by Gasteiger charge is -2.34. The van der Waals surface area contributed by atoms with Gasteiger partial charge >= 0.3 is 0 Å². The van der Waals surface area contributed by atoms with Crippen LogP contribution in [0.25, 0.3) is 0 Å². The number of rotatable bonds is 6.